The lowest BCUT2D eigenvalue weighted by molar-refractivity contribution is -0.110. The topological polar surface area (TPSA) is 48.3 Å². The number of rotatable bonds is 4. The van der Waals surface area contributed by atoms with Crippen molar-refractivity contribution in [1.29, 1.82) is 0 Å². The second-order valence-electron chi connectivity index (χ2n) is 8.47. The van der Waals surface area contributed by atoms with E-state index in [0.29, 0.717) is 5.04 Å². The van der Waals surface area contributed by atoms with E-state index < -0.39 is 4.99 Å². The SMILES string of the molecule is CC(=O)C1=NN(c2ccccc2)C2(S1)c1ccccc1C(c1ccc(Br)cc1)=NN2c1ccccc1. The van der Waals surface area contributed by atoms with Crippen LogP contribution >= 0.6 is 27.7 Å². The van der Waals surface area contributed by atoms with Gasteiger partial charge in [0, 0.05) is 28.1 Å². The highest BCUT2D eigenvalue weighted by molar-refractivity contribution is 9.10. The van der Waals surface area contributed by atoms with Crippen LogP contribution in [0.15, 0.2) is 124 Å². The number of halogens is 1. The fourth-order valence-corrected chi connectivity index (χ4v) is 6.09. The molecule has 0 saturated heterocycles. The number of thioether (sulfide) groups is 1. The van der Waals surface area contributed by atoms with Gasteiger partial charge >= 0.3 is 0 Å². The maximum Gasteiger partial charge on any atom is 0.234 e. The average molecular weight is 553 g/mol. The molecule has 6 rings (SSSR count). The first-order chi connectivity index (χ1) is 17.6. The Morgan fingerprint density at radius 3 is 1.92 bits per heavy atom. The number of anilines is 2. The average Bonchev–Trinajstić information content (AvgIpc) is 3.32. The first-order valence-electron chi connectivity index (χ1n) is 11.5. The molecule has 36 heavy (non-hydrogen) atoms. The van der Waals surface area contributed by atoms with E-state index in [2.05, 4.69) is 40.2 Å². The normalized spacial score (nSPS) is 18.6. The smallest absolute Gasteiger partial charge is 0.234 e. The summed E-state index contributed by atoms with van der Waals surface area (Å²) in [6, 6.07) is 36.4. The highest BCUT2D eigenvalue weighted by Gasteiger charge is 2.55. The van der Waals surface area contributed by atoms with Crippen LogP contribution in [-0.2, 0) is 9.79 Å². The minimum Gasteiger partial charge on any atom is -0.292 e. The third-order valence-electron chi connectivity index (χ3n) is 6.16. The number of hydrogen-bond donors (Lipinski definition) is 0. The van der Waals surface area contributed by atoms with Crippen LogP contribution in [0.25, 0.3) is 0 Å². The molecule has 176 valence electrons. The van der Waals surface area contributed by atoms with E-state index in [1.165, 1.54) is 11.8 Å². The third kappa shape index (κ3) is 3.67. The Morgan fingerprint density at radius 2 is 1.31 bits per heavy atom. The van der Waals surface area contributed by atoms with E-state index in [-0.39, 0.29) is 5.78 Å². The van der Waals surface area contributed by atoms with Crippen molar-refractivity contribution in [2.45, 2.75) is 11.9 Å². The Balaban J connectivity index is 1.66. The zero-order chi connectivity index (χ0) is 24.7. The van der Waals surface area contributed by atoms with Crippen LogP contribution in [0.5, 0.6) is 0 Å². The van der Waals surface area contributed by atoms with Gasteiger partial charge in [-0.05, 0) is 48.2 Å². The van der Waals surface area contributed by atoms with Gasteiger partial charge in [-0.15, -0.1) is 0 Å². The van der Waals surface area contributed by atoms with Gasteiger partial charge in [0.15, 0.2) is 10.8 Å². The number of carbonyl (C=O) groups excluding carboxylic acids is 1. The Hall–Kier alpha value is -3.68. The molecule has 1 spiro atoms. The number of benzene rings is 4. The molecule has 4 aromatic carbocycles. The van der Waals surface area contributed by atoms with Crippen LogP contribution in [0.1, 0.15) is 23.6 Å². The minimum atomic E-state index is -0.931. The van der Waals surface area contributed by atoms with Crippen LogP contribution in [0, 0.1) is 0 Å². The van der Waals surface area contributed by atoms with E-state index >= 15 is 0 Å². The highest BCUT2D eigenvalue weighted by Crippen LogP contribution is 2.54. The quantitative estimate of drug-likeness (QED) is 0.274. The van der Waals surface area contributed by atoms with E-state index in [1.54, 1.807) is 6.92 Å². The van der Waals surface area contributed by atoms with Gasteiger partial charge in [-0.3, -0.25) is 4.79 Å². The van der Waals surface area contributed by atoms with Gasteiger partial charge < -0.3 is 0 Å². The first kappa shape index (κ1) is 22.8. The molecule has 4 aromatic rings. The summed E-state index contributed by atoms with van der Waals surface area (Å²) in [6.07, 6.45) is 0. The second kappa shape index (κ2) is 9.08. The second-order valence-corrected chi connectivity index (χ2v) is 10.5. The van der Waals surface area contributed by atoms with Gasteiger partial charge in [0.05, 0.1) is 17.1 Å². The molecule has 0 aliphatic carbocycles. The molecule has 2 aliphatic heterocycles. The molecule has 2 heterocycles. The van der Waals surface area contributed by atoms with Gasteiger partial charge in [0.1, 0.15) is 0 Å². The number of fused-ring (bicyclic) bond motifs is 2. The molecule has 1 atom stereocenters. The molecule has 0 saturated carbocycles. The summed E-state index contributed by atoms with van der Waals surface area (Å²) in [5.41, 5.74) is 5.64. The molecule has 1 unspecified atom stereocenters. The number of para-hydroxylation sites is 2. The monoisotopic (exact) mass is 552 g/mol. The highest BCUT2D eigenvalue weighted by atomic mass is 79.9. The maximum absolute atomic E-state index is 12.7. The van der Waals surface area contributed by atoms with E-state index in [9.17, 15) is 4.79 Å². The fraction of sp³-hybridized carbons (Fsp3) is 0.0690. The van der Waals surface area contributed by atoms with Crippen LogP contribution in [0.4, 0.5) is 11.4 Å². The number of Topliss-reactive ketones (excluding diaryl/α,β-unsaturated/α-hetero) is 1. The summed E-state index contributed by atoms with van der Waals surface area (Å²) in [7, 11) is 0. The molecule has 0 N–H and O–H groups in total. The van der Waals surface area contributed by atoms with E-state index in [1.807, 2.05) is 94.9 Å². The Kier molecular flexibility index (Phi) is 5.74. The van der Waals surface area contributed by atoms with Crippen molar-refractivity contribution in [2.75, 3.05) is 10.0 Å². The molecule has 0 fully saturated rings. The van der Waals surface area contributed by atoms with Gasteiger partial charge in [0.25, 0.3) is 0 Å². The van der Waals surface area contributed by atoms with Crippen LogP contribution in [0.3, 0.4) is 0 Å². The van der Waals surface area contributed by atoms with Gasteiger partial charge in [-0.25, -0.2) is 10.0 Å². The molecule has 0 bridgehead atoms. The van der Waals surface area contributed by atoms with Crippen LogP contribution in [-0.4, -0.2) is 16.5 Å². The molecule has 0 amide bonds. The van der Waals surface area contributed by atoms with E-state index in [0.717, 1.165) is 38.2 Å². The predicted octanol–water partition coefficient (Wildman–Crippen LogP) is 6.99. The minimum absolute atomic E-state index is 0.0778. The Morgan fingerprint density at radius 1 is 0.750 bits per heavy atom. The summed E-state index contributed by atoms with van der Waals surface area (Å²) in [4.78, 5) is 11.8. The van der Waals surface area contributed by atoms with Crippen LogP contribution in [0.2, 0.25) is 0 Å². The Labute approximate surface area is 222 Å². The largest absolute Gasteiger partial charge is 0.292 e. The van der Waals surface area contributed by atoms with Crippen molar-refractivity contribution in [3.8, 4) is 0 Å². The molecule has 5 nitrogen and oxygen atoms in total. The molecule has 7 heteroatoms. The molecule has 0 radical (unpaired) electrons. The zero-order valence-corrected chi connectivity index (χ0v) is 21.8. The first-order valence-corrected chi connectivity index (χ1v) is 13.1. The van der Waals surface area contributed by atoms with Crippen molar-refractivity contribution in [1.82, 2.24) is 0 Å². The predicted molar refractivity (Wildman–Crippen MR) is 151 cm³/mol. The van der Waals surface area contributed by atoms with Crippen molar-refractivity contribution in [3.63, 3.8) is 0 Å². The zero-order valence-electron chi connectivity index (χ0n) is 19.4. The number of hydrazone groups is 2. The van der Waals surface area contributed by atoms with E-state index in [4.69, 9.17) is 10.2 Å². The van der Waals surface area contributed by atoms with Crippen molar-refractivity contribution in [2.24, 2.45) is 10.2 Å². The Bertz CT molecular complexity index is 1510. The fourth-order valence-electron chi connectivity index (χ4n) is 4.54. The molecule has 0 aromatic heterocycles. The summed E-state index contributed by atoms with van der Waals surface area (Å²) >= 11 is 4.97. The number of ketones is 1. The van der Waals surface area contributed by atoms with Gasteiger partial charge in [-0.2, -0.15) is 10.2 Å². The summed E-state index contributed by atoms with van der Waals surface area (Å²) in [6.45, 7) is 1.56. The maximum atomic E-state index is 12.7. The summed E-state index contributed by atoms with van der Waals surface area (Å²) < 4.78 is 1.01. The lowest BCUT2D eigenvalue weighted by atomic mass is 9.93. The van der Waals surface area contributed by atoms with Gasteiger partial charge in [0.2, 0.25) is 4.99 Å². The number of carbonyl (C=O) groups is 1. The number of nitrogens with zero attached hydrogens (tertiary/aromatic N) is 4. The molecular weight excluding hydrogens is 532 g/mol. The number of hydrogen-bond acceptors (Lipinski definition) is 6. The molecular formula is C29H21BrN4OS. The lowest BCUT2D eigenvalue weighted by Gasteiger charge is -2.47. The van der Waals surface area contributed by atoms with Crippen molar-refractivity contribution >= 4 is 55.6 Å². The van der Waals surface area contributed by atoms with Crippen LogP contribution < -0.4 is 10.0 Å². The summed E-state index contributed by atoms with van der Waals surface area (Å²) in [5, 5.41) is 14.5. The third-order valence-corrected chi connectivity index (χ3v) is 8.10. The van der Waals surface area contributed by atoms with Crippen molar-refractivity contribution in [3.05, 3.63) is 130 Å². The molecule has 2 aliphatic rings. The summed E-state index contributed by atoms with van der Waals surface area (Å²) in [5.74, 6) is -0.0778. The lowest BCUT2D eigenvalue weighted by Crippen LogP contribution is -2.54. The standard InChI is InChI=1S/C29H21BrN4OS/c1-20(35)28-32-34(24-12-6-3-7-13-24)29(36-28)26-15-9-8-14-25(26)27(21-16-18-22(30)19-17-21)31-33(29)23-10-4-2-5-11-23/h2-19H,1H3. The van der Waals surface area contributed by atoms with Crippen molar-refractivity contribution < 1.29 is 4.79 Å². The van der Waals surface area contributed by atoms with Gasteiger partial charge in [-0.1, -0.05) is 88.7 Å².